The molecule has 1 aliphatic rings. The van der Waals surface area contributed by atoms with Crippen molar-refractivity contribution in [2.75, 3.05) is 18.2 Å². The van der Waals surface area contributed by atoms with E-state index in [2.05, 4.69) is 5.32 Å². The van der Waals surface area contributed by atoms with Crippen LogP contribution in [-0.4, -0.2) is 33.2 Å². The van der Waals surface area contributed by atoms with E-state index in [4.69, 9.17) is 4.74 Å². The zero-order chi connectivity index (χ0) is 18.8. The average molecular weight is 373 g/mol. The molecule has 1 fully saturated rings. The van der Waals surface area contributed by atoms with E-state index in [0.717, 1.165) is 11.8 Å². The van der Waals surface area contributed by atoms with Crippen molar-refractivity contribution in [3.63, 3.8) is 0 Å². The molecule has 2 aromatic rings. The van der Waals surface area contributed by atoms with Crippen molar-refractivity contribution in [2.24, 2.45) is 0 Å². The maximum Gasteiger partial charge on any atom is 0.317 e. The number of sulfone groups is 1. The molecule has 2 aromatic carbocycles. The number of esters is 1. The number of ether oxygens (including phenoxy) is 1. The van der Waals surface area contributed by atoms with Crippen LogP contribution in [0.1, 0.15) is 18.4 Å². The first-order chi connectivity index (χ1) is 12.3. The van der Waals surface area contributed by atoms with Crippen LogP contribution in [0.2, 0.25) is 0 Å². The Kier molecular flexibility index (Phi) is 4.82. The Bertz CT molecular complexity index is 933. The molecule has 0 saturated heterocycles. The number of para-hydroxylation sites is 1. The van der Waals surface area contributed by atoms with E-state index in [0.29, 0.717) is 12.8 Å². The van der Waals surface area contributed by atoms with E-state index in [1.807, 2.05) is 30.3 Å². The van der Waals surface area contributed by atoms with Crippen molar-refractivity contribution < 1.29 is 22.7 Å². The van der Waals surface area contributed by atoms with Crippen molar-refractivity contribution in [3.8, 4) is 0 Å². The zero-order valence-corrected chi connectivity index (χ0v) is 15.1. The molecule has 26 heavy (non-hydrogen) atoms. The van der Waals surface area contributed by atoms with Crippen molar-refractivity contribution in [3.05, 3.63) is 60.2 Å². The maximum atomic E-state index is 12.4. The molecule has 6 nitrogen and oxygen atoms in total. The Balaban J connectivity index is 1.63. The van der Waals surface area contributed by atoms with Gasteiger partial charge in [0.2, 0.25) is 0 Å². The van der Waals surface area contributed by atoms with E-state index in [1.54, 1.807) is 12.1 Å². The molecule has 0 bridgehead atoms. The molecule has 3 rings (SSSR count). The van der Waals surface area contributed by atoms with Gasteiger partial charge in [-0.2, -0.15) is 0 Å². The number of rotatable bonds is 6. The standard InChI is InChI=1S/C19H19NO5S/c1-26(23,24)16-10-6-5-9-15(16)20-17(21)13-25-18(22)19(11-12-19)14-7-3-2-4-8-14/h2-10H,11-13H2,1H3,(H,20,21). The Morgan fingerprint density at radius 1 is 1.04 bits per heavy atom. The fourth-order valence-electron chi connectivity index (χ4n) is 2.84. The summed E-state index contributed by atoms with van der Waals surface area (Å²) in [7, 11) is -3.48. The molecule has 0 heterocycles. The summed E-state index contributed by atoms with van der Waals surface area (Å²) >= 11 is 0. The molecule has 0 radical (unpaired) electrons. The first-order valence-corrected chi connectivity index (χ1v) is 10.0. The number of hydrogen-bond acceptors (Lipinski definition) is 5. The van der Waals surface area contributed by atoms with E-state index in [-0.39, 0.29) is 10.6 Å². The summed E-state index contributed by atoms with van der Waals surface area (Å²) in [5, 5.41) is 2.49. The van der Waals surface area contributed by atoms with Crippen LogP contribution >= 0.6 is 0 Å². The molecule has 7 heteroatoms. The second-order valence-corrected chi connectivity index (χ2v) is 8.32. The first kappa shape index (κ1) is 18.1. The van der Waals surface area contributed by atoms with Gasteiger partial charge in [0.25, 0.3) is 5.91 Å². The third-order valence-electron chi connectivity index (χ3n) is 4.36. The number of hydrogen-bond donors (Lipinski definition) is 1. The van der Waals surface area contributed by atoms with Crippen LogP contribution in [0.4, 0.5) is 5.69 Å². The fraction of sp³-hybridized carbons (Fsp3) is 0.263. The van der Waals surface area contributed by atoms with Gasteiger partial charge in [-0.25, -0.2) is 8.42 Å². The highest BCUT2D eigenvalue weighted by Crippen LogP contribution is 2.49. The topological polar surface area (TPSA) is 89.5 Å². The van der Waals surface area contributed by atoms with Gasteiger partial charge in [-0.3, -0.25) is 9.59 Å². The van der Waals surface area contributed by atoms with Crippen LogP contribution in [-0.2, 0) is 29.6 Å². The molecule has 1 amide bonds. The maximum absolute atomic E-state index is 12.4. The number of amides is 1. The van der Waals surface area contributed by atoms with Gasteiger partial charge < -0.3 is 10.1 Å². The Hall–Kier alpha value is -2.67. The number of carbonyl (C=O) groups excluding carboxylic acids is 2. The van der Waals surface area contributed by atoms with Gasteiger partial charge in [0.1, 0.15) is 0 Å². The second-order valence-electron chi connectivity index (χ2n) is 6.34. The third kappa shape index (κ3) is 3.77. The quantitative estimate of drug-likeness (QED) is 0.785. The van der Waals surface area contributed by atoms with Crippen LogP contribution in [0.25, 0.3) is 0 Å². The fourth-order valence-corrected chi connectivity index (χ4v) is 3.69. The molecular weight excluding hydrogens is 354 g/mol. The monoisotopic (exact) mass is 373 g/mol. The number of anilines is 1. The summed E-state index contributed by atoms with van der Waals surface area (Å²) in [6.45, 7) is -0.467. The highest BCUT2D eigenvalue weighted by Gasteiger charge is 2.52. The smallest absolute Gasteiger partial charge is 0.317 e. The molecule has 136 valence electrons. The SMILES string of the molecule is CS(=O)(=O)c1ccccc1NC(=O)COC(=O)C1(c2ccccc2)CC1. The molecule has 0 aliphatic heterocycles. The average Bonchev–Trinajstić information content (AvgIpc) is 3.42. The summed E-state index contributed by atoms with van der Waals surface area (Å²) in [6.07, 6.45) is 2.44. The minimum Gasteiger partial charge on any atom is -0.455 e. The van der Waals surface area contributed by atoms with E-state index >= 15 is 0 Å². The predicted octanol–water partition coefficient (Wildman–Crippen LogP) is 2.30. The van der Waals surface area contributed by atoms with Gasteiger partial charge in [-0.1, -0.05) is 42.5 Å². The molecule has 0 atom stereocenters. The minimum absolute atomic E-state index is 0.0163. The minimum atomic E-state index is -3.48. The molecule has 0 aromatic heterocycles. The summed E-state index contributed by atoms with van der Waals surface area (Å²) in [5.41, 5.74) is 0.389. The zero-order valence-electron chi connectivity index (χ0n) is 14.3. The molecule has 1 aliphatic carbocycles. The van der Waals surface area contributed by atoms with Gasteiger partial charge in [0.05, 0.1) is 16.0 Å². The number of carbonyl (C=O) groups is 2. The van der Waals surface area contributed by atoms with Crippen LogP contribution in [0.5, 0.6) is 0 Å². The van der Waals surface area contributed by atoms with Crippen molar-refractivity contribution in [1.82, 2.24) is 0 Å². The summed E-state index contributed by atoms with van der Waals surface area (Å²) in [6, 6.07) is 15.4. The largest absolute Gasteiger partial charge is 0.455 e. The Labute approximate surface area is 152 Å². The summed E-state index contributed by atoms with van der Waals surface area (Å²) in [5.74, 6) is -1.02. The number of benzene rings is 2. The lowest BCUT2D eigenvalue weighted by molar-refractivity contribution is -0.150. The van der Waals surface area contributed by atoms with Crippen molar-refractivity contribution in [1.29, 1.82) is 0 Å². The number of nitrogens with one attached hydrogen (secondary N) is 1. The molecule has 1 saturated carbocycles. The van der Waals surface area contributed by atoms with Gasteiger partial charge in [0, 0.05) is 6.26 Å². The van der Waals surface area contributed by atoms with E-state index < -0.39 is 33.7 Å². The predicted molar refractivity (Wildman–Crippen MR) is 96.5 cm³/mol. The summed E-state index contributed by atoms with van der Waals surface area (Å²) < 4.78 is 28.7. The van der Waals surface area contributed by atoms with Crippen LogP contribution in [0, 0.1) is 0 Å². The first-order valence-electron chi connectivity index (χ1n) is 8.15. The third-order valence-corrected chi connectivity index (χ3v) is 5.52. The Morgan fingerprint density at radius 3 is 2.27 bits per heavy atom. The molecule has 0 spiro atoms. The second kappa shape index (κ2) is 6.92. The van der Waals surface area contributed by atoms with Gasteiger partial charge in [-0.05, 0) is 30.5 Å². The summed E-state index contributed by atoms with van der Waals surface area (Å²) in [4.78, 5) is 24.5. The van der Waals surface area contributed by atoms with Crippen molar-refractivity contribution >= 4 is 27.4 Å². The molecule has 0 unspecified atom stereocenters. The van der Waals surface area contributed by atoms with Crippen LogP contribution < -0.4 is 5.32 Å². The molecule has 1 N–H and O–H groups in total. The van der Waals surface area contributed by atoms with Crippen molar-refractivity contribution in [2.45, 2.75) is 23.2 Å². The van der Waals surface area contributed by atoms with Crippen LogP contribution in [0.3, 0.4) is 0 Å². The van der Waals surface area contributed by atoms with Crippen LogP contribution in [0.15, 0.2) is 59.5 Å². The van der Waals surface area contributed by atoms with E-state index in [1.165, 1.54) is 12.1 Å². The lowest BCUT2D eigenvalue weighted by Crippen LogP contribution is -2.28. The Morgan fingerprint density at radius 2 is 1.65 bits per heavy atom. The van der Waals surface area contributed by atoms with E-state index in [9.17, 15) is 18.0 Å². The van der Waals surface area contributed by atoms with Gasteiger partial charge in [0.15, 0.2) is 16.4 Å². The van der Waals surface area contributed by atoms with Gasteiger partial charge >= 0.3 is 5.97 Å². The lowest BCUT2D eigenvalue weighted by Gasteiger charge is -2.15. The highest BCUT2D eigenvalue weighted by atomic mass is 32.2. The molecular formula is C19H19NO5S. The normalized spacial score (nSPS) is 15.1. The lowest BCUT2D eigenvalue weighted by atomic mass is 9.96. The highest BCUT2D eigenvalue weighted by molar-refractivity contribution is 7.90. The van der Waals surface area contributed by atoms with Gasteiger partial charge in [-0.15, -0.1) is 0 Å².